The van der Waals surface area contributed by atoms with Gasteiger partial charge in [0.1, 0.15) is 11.7 Å². The van der Waals surface area contributed by atoms with Gasteiger partial charge < -0.3 is 5.32 Å². The lowest BCUT2D eigenvalue weighted by molar-refractivity contribution is -0.140. The Morgan fingerprint density at radius 1 is 0.974 bits per heavy atom. The van der Waals surface area contributed by atoms with Crippen molar-refractivity contribution in [3.63, 3.8) is 0 Å². The van der Waals surface area contributed by atoms with Crippen LogP contribution < -0.4 is 5.32 Å². The molecule has 0 bridgehead atoms. The van der Waals surface area contributed by atoms with Gasteiger partial charge in [-0.1, -0.05) is 37.9 Å². The van der Waals surface area contributed by atoms with E-state index in [9.17, 15) is 48.7 Å². The normalized spacial score (nSPS) is 14.8. The summed E-state index contributed by atoms with van der Waals surface area (Å²) >= 11 is 6.46. The Balaban J connectivity index is 2.39. The number of rotatable bonds is 8. The molecule has 1 N–H and O–H groups in total. The summed E-state index contributed by atoms with van der Waals surface area (Å²) in [4.78, 5) is 12.4. The number of allylic oxidation sites excluding steroid dienone is 1. The van der Waals surface area contributed by atoms with Crippen LogP contribution in [0.15, 0.2) is 51.4 Å². The van der Waals surface area contributed by atoms with Crippen LogP contribution in [0.25, 0.3) is 5.83 Å². The zero-order chi connectivity index (χ0) is 29.1. The summed E-state index contributed by atoms with van der Waals surface area (Å²) in [7, 11) is 0. The highest BCUT2D eigenvalue weighted by Crippen LogP contribution is 2.41. The molecular weight excluding hydrogens is 688 g/mol. The summed E-state index contributed by atoms with van der Waals surface area (Å²) in [6.07, 6.45) is -14.5. The van der Waals surface area contributed by atoms with Crippen LogP contribution in [0.5, 0.6) is 0 Å². The monoisotopic (exact) mass is 703 g/mol. The zero-order valence-electron chi connectivity index (χ0n) is 19.0. The predicted molar refractivity (Wildman–Crippen MR) is 131 cm³/mol. The minimum absolute atomic E-state index is 0.128. The minimum atomic E-state index is -5.20. The number of amides is 1. The van der Waals surface area contributed by atoms with Crippen molar-refractivity contribution in [1.82, 2.24) is 5.32 Å². The lowest BCUT2D eigenvalue weighted by Crippen LogP contribution is -2.35. The standard InChI is InChI=1S/C23H17Br2F10NOS/c1-11(9-38-10-21(27,28)29)36-20(37)16-3-2-12(6-18(16)23(33,34)35)19(26)8-17(22(30,31)32)13-4-14(24)7-15(25)5-13/h2-8,11,17H,9-10H2,1H3,(H,36,37)/b19-8-. The van der Waals surface area contributed by atoms with Gasteiger partial charge in [-0.3, -0.25) is 4.79 Å². The quantitative estimate of drug-likeness (QED) is 0.278. The van der Waals surface area contributed by atoms with Crippen LogP contribution in [0.3, 0.4) is 0 Å². The number of benzene rings is 2. The molecule has 2 aromatic rings. The van der Waals surface area contributed by atoms with E-state index in [2.05, 4.69) is 37.2 Å². The van der Waals surface area contributed by atoms with E-state index in [1.165, 1.54) is 13.0 Å². The van der Waals surface area contributed by atoms with E-state index >= 15 is 0 Å². The largest absolute Gasteiger partial charge is 0.417 e. The van der Waals surface area contributed by atoms with Crippen molar-refractivity contribution in [3.05, 3.63) is 73.7 Å². The molecule has 15 heteroatoms. The molecule has 2 rings (SSSR count). The van der Waals surface area contributed by atoms with Crippen molar-refractivity contribution in [2.24, 2.45) is 0 Å². The van der Waals surface area contributed by atoms with Crippen LogP contribution in [0.2, 0.25) is 0 Å². The van der Waals surface area contributed by atoms with Crippen LogP contribution in [0, 0.1) is 0 Å². The highest BCUT2D eigenvalue weighted by Gasteiger charge is 2.41. The van der Waals surface area contributed by atoms with E-state index in [0.717, 1.165) is 12.1 Å². The average Bonchev–Trinajstić information content (AvgIpc) is 2.73. The highest BCUT2D eigenvalue weighted by atomic mass is 79.9. The molecule has 0 radical (unpaired) electrons. The summed E-state index contributed by atoms with van der Waals surface area (Å²) in [6, 6.07) is 4.15. The smallest absolute Gasteiger partial charge is 0.349 e. The number of hydrogen-bond donors (Lipinski definition) is 1. The lowest BCUT2D eigenvalue weighted by atomic mass is 9.95. The second kappa shape index (κ2) is 12.6. The fourth-order valence-electron chi connectivity index (χ4n) is 3.20. The summed E-state index contributed by atoms with van der Waals surface area (Å²) in [5, 5.41) is 2.13. The van der Waals surface area contributed by atoms with E-state index in [1.807, 2.05) is 0 Å². The van der Waals surface area contributed by atoms with E-state index in [0.29, 0.717) is 23.9 Å². The second-order valence-corrected chi connectivity index (χ2v) is 10.9. The Hall–Kier alpha value is -1.74. The molecule has 0 aliphatic carbocycles. The first-order chi connectivity index (χ1) is 17.3. The van der Waals surface area contributed by atoms with Crippen LogP contribution >= 0.6 is 43.6 Å². The summed E-state index contributed by atoms with van der Waals surface area (Å²) in [5.74, 6) is -6.90. The summed E-state index contributed by atoms with van der Waals surface area (Å²) in [5.41, 5.74) is -3.84. The van der Waals surface area contributed by atoms with Crippen molar-refractivity contribution in [2.45, 2.75) is 37.4 Å². The molecule has 210 valence electrons. The number of carbonyl (C=O) groups is 1. The van der Waals surface area contributed by atoms with Gasteiger partial charge in [0.15, 0.2) is 0 Å². The van der Waals surface area contributed by atoms with Crippen molar-refractivity contribution < 1.29 is 48.7 Å². The Morgan fingerprint density at radius 3 is 2.05 bits per heavy atom. The SMILES string of the molecule is CC(CSCC(F)(F)F)NC(=O)c1ccc(/C(F)=C/C(c2cc(Br)cc(Br)c2)C(F)(F)F)cc1C(F)(F)F. The number of nitrogens with one attached hydrogen (secondary N) is 1. The third-order valence-corrected chi connectivity index (χ3v) is 6.95. The minimum Gasteiger partial charge on any atom is -0.349 e. The van der Waals surface area contributed by atoms with E-state index in [-0.39, 0.29) is 26.8 Å². The maximum Gasteiger partial charge on any atom is 0.417 e. The molecule has 2 atom stereocenters. The first kappa shape index (κ1) is 32.5. The molecule has 2 nitrogen and oxygen atoms in total. The summed E-state index contributed by atoms with van der Waals surface area (Å²) < 4.78 is 134. The van der Waals surface area contributed by atoms with Crippen molar-refractivity contribution >= 4 is 55.4 Å². The molecule has 2 aromatic carbocycles. The topological polar surface area (TPSA) is 29.1 Å². The predicted octanol–water partition coefficient (Wildman–Crippen LogP) is 9.30. The molecule has 0 heterocycles. The van der Waals surface area contributed by atoms with Crippen LogP contribution in [0.4, 0.5) is 43.9 Å². The van der Waals surface area contributed by atoms with Crippen LogP contribution in [-0.2, 0) is 6.18 Å². The molecule has 2 unspecified atom stereocenters. The third kappa shape index (κ3) is 9.78. The molecule has 0 aliphatic rings. The number of carbonyl (C=O) groups excluding carboxylic acids is 1. The van der Waals surface area contributed by atoms with Gasteiger partial charge in [0.2, 0.25) is 0 Å². The number of thioether (sulfide) groups is 1. The first-order valence-electron chi connectivity index (χ1n) is 10.3. The summed E-state index contributed by atoms with van der Waals surface area (Å²) in [6.45, 7) is 1.28. The fraction of sp³-hybridized carbons (Fsp3) is 0.348. The van der Waals surface area contributed by atoms with Gasteiger partial charge in [0.05, 0.1) is 16.9 Å². The maximum absolute atomic E-state index is 14.9. The second-order valence-electron chi connectivity index (χ2n) is 8.00. The van der Waals surface area contributed by atoms with Crippen LogP contribution in [-0.4, -0.2) is 35.8 Å². The van der Waals surface area contributed by atoms with Crippen molar-refractivity contribution in [2.75, 3.05) is 11.5 Å². The molecule has 0 saturated heterocycles. The Morgan fingerprint density at radius 2 is 1.55 bits per heavy atom. The molecule has 1 amide bonds. The Labute approximate surface area is 231 Å². The van der Waals surface area contributed by atoms with E-state index < -0.39 is 70.2 Å². The molecule has 0 aliphatic heterocycles. The zero-order valence-corrected chi connectivity index (χ0v) is 23.0. The Bertz CT molecular complexity index is 1160. The van der Waals surface area contributed by atoms with Crippen LogP contribution in [0.1, 0.15) is 39.9 Å². The van der Waals surface area contributed by atoms with Gasteiger partial charge in [-0.2, -0.15) is 51.3 Å². The third-order valence-electron chi connectivity index (χ3n) is 4.77. The number of halogens is 12. The van der Waals surface area contributed by atoms with Gasteiger partial charge in [-0.15, -0.1) is 0 Å². The molecule has 38 heavy (non-hydrogen) atoms. The Kier molecular flexibility index (Phi) is 10.8. The number of alkyl halides is 9. The number of hydrogen-bond acceptors (Lipinski definition) is 2. The fourth-order valence-corrected chi connectivity index (χ4v) is 5.31. The van der Waals surface area contributed by atoms with Crippen molar-refractivity contribution in [3.8, 4) is 0 Å². The van der Waals surface area contributed by atoms with Gasteiger partial charge in [0, 0.05) is 26.3 Å². The van der Waals surface area contributed by atoms with Gasteiger partial charge in [-0.05, 0) is 48.9 Å². The van der Waals surface area contributed by atoms with Crippen molar-refractivity contribution in [1.29, 1.82) is 0 Å². The van der Waals surface area contributed by atoms with E-state index in [4.69, 9.17) is 0 Å². The van der Waals surface area contributed by atoms with Gasteiger partial charge >= 0.3 is 18.5 Å². The van der Waals surface area contributed by atoms with E-state index in [1.54, 1.807) is 0 Å². The highest BCUT2D eigenvalue weighted by molar-refractivity contribution is 9.11. The van der Waals surface area contributed by atoms with Gasteiger partial charge in [-0.25, -0.2) is 4.39 Å². The molecule has 0 saturated carbocycles. The first-order valence-corrected chi connectivity index (χ1v) is 13.1. The molecule has 0 aromatic heterocycles. The lowest BCUT2D eigenvalue weighted by Gasteiger charge is -2.19. The molecule has 0 spiro atoms. The average molecular weight is 705 g/mol. The molecular formula is C23H17Br2F10NOS. The molecule has 0 fully saturated rings. The maximum atomic E-state index is 14.9. The van der Waals surface area contributed by atoms with Gasteiger partial charge in [0.25, 0.3) is 5.91 Å².